The van der Waals surface area contributed by atoms with E-state index in [2.05, 4.69) is 0 Å². The van der Waals surface area contributed by atoms with Gasteiger partial charge in [-0.2, -0.15) is 0 Å². The van der Waals surface area contributed by atoms with Gasteiger partial charge in [0.05, 0.1) is 24.7 Å². The van der Waals surface area contributed by atoms with Gasteiger partial charge in [-0.3, -0.25) is 4.79 Å². The van der Waals surface area contributed by atoms with Crippen LogP contribution in [0.2, 0.25) is 0 Å². The molecule has 2 rings (SSSR count). The normalized spacial score (nSPS) is 38.6. The lowest BCUT2D eigenvalue weighted by atomic mass is 9.89. The van der Waals surface area contributed by atoms with Crippen molar-refractivity contribution in [3.8, 4) is 0 Å². The molecule has 0 amide bonds. The monoisotopic (exact) mass is 170 g/mol. The Balaban J connectivity index is 1.83. The van der Waals surface area contributed by atoms with Crippen molar-refractivity contribution >= 4 is 5.97 Å². The number of hydrogen-bond donors (Lipinski definition) is 0. The lowest BCUT2D eigenvalue weighted by molar-refractivity contribution is -0.148. The van der Waals surface area contributed by atoms with Crippen LogP contribution in [0.1, 0.15) is 26.2 Å². The molecule has 68 valence electrons. The molecule has 1 heterocycles. The first kappa shape index (κ1) is 8.05. The molecule has 3 atom stereocenters. The van der Waals surface area contributed by atoms with Crippen molar-refractivity contribution in [3.05, 3.63) is 0 Å². The van der Waals surface area contributed by atoms with Crippen molar-refractivity contribution < 1.29 is 14.3 Å². The molecular weight excluding hydrogens is 156 g/mol. The molecule has 0 unspecified atom stereocenters. The fraction of sp³-hybridized carbons (Fsp3) is 0.889. The summed E-state index contributed by atoms with van der Waals surface area (Å²) >= 11 is 0. The van der Waals surface area contributed by atoms with Crippen molar-refractivity contribution in [2.45, 2.75) is 38.4 Å². The third-order valence-corrected chi connectivity index (χ3v) is 2.62. The van der Waals surface area contributed by atoms with E-state index in [0.717, 1.165) is 19.3 Å². The van der Waals surface area contributed by atoms with Gasteiger partial charge < -0.3 is 9.47 Å². The number of fused-ring (bicyclic) bond motifs is 1. The predicted molar refractivity (Wildman–Crippen MR) is 42.6 cm³/mol. The first-order chi connectivity index (χ1) is 5.81. The Morgan fingerprint density at radius 2 is 2.33 bits per heavy atom. The Bertz CT molecular complexity index is 190. The summed E-state index contributed by atoms with van der Waals surface area (Å²) in [7, 11) is 0. The van der Waals surface area contributed by atoms with E-state index in [4.69, 9.17) is 9.47 Å². The number of esters is 1. The molecule has 2 fully saturated rings. The van der Waals surface area contributed by atoms with Crippen LogP contribution in [0.15, 0.2) is 0 Å². The molecule has 1 saturated carbocycles. The minimum absolute atomic E-state index is 0.0357. The molecule has 2 aliphatic rings. The fourth-order valence-electron chi connectivity index (χ4n) is 1.88. The van der Waals surface area contributed by atoms with Crippen molar-refractivity contribution in [2.75, 3.05) is 6.61 Å². The summed E-state index contributed by atoms with van der Waals surface area (Å²) < 4.78 is 10.3. The van der Waals surface area contributed by atoms with Gasteiger partial charge in [0.15, 0.2) is 0 Å². The number of rotatable bonds is 2. The fourth-order valence-corrected chi connectivity index (χ4v) is 1.88. The van der Waals surface area contributed by atoms with E-state index >= 15 is 0 Å². The van der Waals surface area contributed by atoms with Gasteiger partial charge in [0.1, 0.15) is 0 Å². The van der Waals surface area contributed by atoms with Crippen molar-refractivity contribution in [3.63, 3.8) is 0 Å². The van der Waals surface area contributed by atoms with E-state index in [0.29, 0.717) is 18.8 Å². The predicted octanol–water partition coefficient (Wildman–Crippen LogP) is 1.12. The van der Waals surface area contributed by atoms with Gasteiger partial charge in [-0.25, -0.2) is 0 Å². The number of hydrogen-bond acceptors (Lipinski definition) is 3. The van der Waals surface area contributed by atoms with Crippen molar-refractivity contribution in [1.82, 2.24) is 0 Å². The highest BCUT2D eigenvalue weighted by molar-refractivity contribution is 5.72. The first-order valence-corrected chi connectivity index (χ1v) is 4.63. The van der Waals surface area contributed by atoms with E-state index in [1.165, 1.54) is 0 Å². The molecule has 0 bridgehead atoms. The average Bonchev–Trinajstić information content (AvgIpc) is 2.81. The maximum absolute atomic E-state index is 11.3. The molecule has 1 aliphatic heterocycles. The summed E-state index contributed by atoms with van der Waals surface area (Å²) in [6.45, 7) is 2.33. The molecule has 0 spiro atoms. The van der Waals surface area contributed by atoms with Crippen LogP contribution in [0.5, 0.6) is 0 Å². The van der Waals surface area contributed by atoms with Gasteiger partial charge in [0, 0.05) is 0 Å². The zero-order chi connectivity index (χ0) is 8.55. The van der Waals surface area contributed by atoms with E-state index in [1.807, 2.05) is 6.92 Å². The second-order valence-corrected chi connectivity index (χ2v) is 3.48. The summed E-state index contributed by atoms with van der Waals surface area (Å²) in [5.41, 5.74) is 0. The molecule has 3 nitrogen and oxygen atoms in total. The lowest BCUT2D eigenvalue weighted by Gasteiger charge is -2.16. The largest absolute Gasteiger partial charge is 0.466 e. The highest BCUT2D eigenvalue weighted by Gasteiger charge is 2.46. The molecule has 1 aliphatic carbocycles. The van der Waals surface area contributed by atoms with Crippen molar-refractivity contribution in [1.29, 1.82) is 0 Å². The Morgan fingerprint density at radius 3 is 3.00 bits per heavy atom. The van der Waals surface area contributed by atoms with Gasteiger partial charge >= 0.3 is 5.97 Å². The molecule has 0 N–H and O–H groups in total. The summed E-state index contributed by atoms with van der Waals surface area (Å²) in [5, 5.41) is 0. The van der Waals surface area contributed by atoms with E-state index in [9.17, 15) is 4.79 Å². The van der Waals surface area contributed by atoms with E-state index in [-0.39, 0.29) is 11.9 Å². The molecule has 0 aromatic carbocycles. The number of carbonyl (C=O) groups is 1. The Morgan fingerprint density at radius 1 is 1.50 bits per heavy atom. The topological polar surface area (TPSA) is 38.8 Å². The zero-order valence-electron chi connectivity index (χ0n) is 7.29. The number of carbonyl (C=O) groups excluding carboxylic acids is 1. The quantitative estimate of drug-likeness (QED) is 0.460. The maximum Gasteiger partial charge on any atom is 0.309 e. The standard InChI is InChI=1S/C9H14O3/c1-2-11-9(10)6-3-4-7-8(5-6)12-7/h6-8H,2-5H2,1H3/t6-,7-,8-/m0/s1. The first-order valence-electron chi connectivity index (χ1n) is 4.63. The Kier molecular flexibility index (Phi) is 2.05. The molecule has 0 aromatic rings. The van der Waals surface area contributed by atoms with Gasteiger partial charge in [0.25, 0.3) is 0 Å². The Labute approximate surface area is 72.0 Å². The second kappa shape index (κ2) is 3.05. The van der Waals surface area contributed by atoms with Crippen LogP contribution in [0, 0.1) is 5.92 Å². The van der Waals surface area contributed by atoms with Gasteiger partial charge in [-0.1, -0.05) is 0 Å². The molecule has 1 saturated heterocycles. The summed E-state index contributed by atoms with van der Waals surface area (Å²) in [6, 6.07) is 0. The van der Waals surface area contributed by atoms with Crippen LogP contribution in [-0.2, 0) is 14.3 Å². The summed E-state index contributed by atoms with van der Waals surface area (Å²) in [6.07, 6.45) is 3.70. The average molecular weight is 170 g/mol. The zero-order valence-corrected chi connectivity index (χ0v) is 7.29. The summed E-state index contributed by atoms with van der Waals surface area (Å²) in [4.78, 5) is 11.3. The molecule has 0 aromatic heterocycles. The van der Waals surface area contributed by atoms with E-state index in [1.54, 1.807) is 0 Å². The number of ether oxygens (including phenoxy) is 2. The third kappa shape index (κ3) is 1.46. The molecular formula is C9H14O3. The van der Waals surface area contributed by atoms with Crippen molar-refractivity contribution in [2.24, 2.45) is 5.92 Å². The smallest absolute Gasteiger partial charge is 0.309 e. The molecule has 3 heteroatoms. The number of epoxide rings is 1. The minimum atomic E-state index is -0.0357. The molecule has 12 heavy (non-hydrogen) atoms. The SMILES string of the molecule is CCOC(=O)[C@H]1CC[C@@H]2O[C@H]2C1. The van der Waals surface area contributed by atoms with E-state index < -0.39 is 0 Å². The third-order valence-electron chi connectivity index (χ3n) is 2.62. The minimum Gasteiger partial charge on any atom is -0.466 e. The maximum atomic E-state index is 11.3. The van der Waals surface area contributed by atoms with Crippen LogP contribution >= 0.6 is 0 Å². The van der Waals surface area contributed by atoms with Gasteiger partial charge in [-0.15, -0.1) is 0 Å². The lowest BCUT2D eigenvalue weighted by Crippen LogP contribution is -2.23. The summed E-state index contributed by atoms with van der Waals surface area (Å²) in [5.74, 6) is 0.0696. The van der Waals surface area contributed by atoms with Gasteiger partial charge in [0.2, 0.25) is 0 Å². The highest BCUT2D eigenvalue weighted by Crippen LogP contribution is 2.39. The Hall–Kier alpha value is -0.570. The van der Waals surface area contributed by atoms with Crippen LogP contribution in [0.3, 0.4) is 0 Å². The van der Waals surface area contributed by atoms with Crippen LogP contribution < -0.4 is 0 Å². The van der Waals surface area contributed by atoms with Crippen LogP contribution in [0.4, 0.5) is 0 Å². The van der Waals surface area contributed by atoms with Gasteiger partial charge in [-0.05, 0) is 26.2 Å². The second-order valence-electron chi connectivity index (χ2n) is 3.48. The highest BCUT2D eigenvalue weighted by atomic mass is 16.6. The van der Waals surface area contributed by atoms with Crippen LogP contribution in [-0.4, -0.2) is 24.8 Å². The molecule has 0 radical (unpaired) electrons. The van der Waals surface area contributed by atoms with Crippen LogP contribution in [0.25, 0.3) is 0 Å².